The number of amides is 1. The minimum absolute atomic E-state index is 0.123. The van der Waals surface area contributed by atoms with Gasteiger partial charge in [0.1, 0.15) is 11.5 Å². The van der Waals surface area contributed by atoms with Crippen LogP contribution in [0, 0.1) is 0 Å². The Balaban J connectivity index is 1.99. The molecule has 1 aliphatic heterocycles. The molecular formula is C15H25N5O. The maximum Gasteiger partial charge on any atom is 0.273 e. The fraction of sp³-hybridized carbons (Fsp3) is 0.667. The van der Waals surface area contributed by atoms with E-state index in [0.717, 1.165) is 19.5 Å². The van der Waals surface area contributed by atoms with Crippen molar-refractivity contribution in [2.24, 2.45) is 0 Å². The SMILES string of the molecule is CCCN1CCC[C@H](Nc2cncc(C(=O)N(C)C)n2)C1. The van der Waals surface area contributed by atoms with Gasteiger partial charge in [-0.2, -0.15) is 0 Å². The molecule has 1 saturated heterocycles. The third-order valence-corrected chi connectivity index (χ3v) is 3.66. The number of piperidine rings is 1. The van der Waals surface area contributed by atoms with Crippen molar-refractivity contribution in [1.29, 1.82) is 0 Å². The standard InChI is InChI=1S/C15H25N5O/c1-4-7-20-8-5-6-12(11-20)17-14-10-16-9-13(18-14)15(21)19(2)3/h9-10,12H,4-8,11H2,1-3H3,(H,17,18)/t12-/m0/s1. The lowest BCUT2D eigenvalue weighted by atomic mass is 10.1. The highest BCUT2D eigenvalue weighted by Gasteiger charge is 2.20. The van der Waals surface area contributed by atoms with E-state index < -0.39 is 0 Å². The Morgan fingerprint density at radius 1 is 1.48 bits per heavy atom. The first-order valence-electron chi connectivity index (χ1n) is 7.62. The molecule has 1 fully saturated rings. The Hall–Kier alpha value is -1.69. The van der Waals surface area contributed by atoms with Gasteiger partial charge < -0.3 is 15.1 Å². The van der Waals surface area contributed by atoms with E-state index in [0.29, 0.717) is 17.6 Å². The van der Waals surface area contributed by atoms with Gasteiger partial charge in [-0.3, -0.25) is 9.78 Å². The van der Waals surface area contributed by atoms with E-state index >= 15 is 0 Å². The van der Waals surface area contributed by atoms with Crippen LogP contribution in [0.3, 0.4) is 0 Å². The maximum atomic E-state index is 11.9. The molecule has 0 aromatic carbocycles. The molecule has 0 bridgehead atoms. The monoisotopic (exact) mass is 291 g/mol. The predicted octanol–water partition coefficient (Wildman–Crippen LogP) is 1.46. The number of nitrogens with zero attached hydrogens (tertiary/aromatic N) is 4. The van der Waals surface area contributed by atoms with Gasteiger partial charge in [-0.05, 0) is 32.4 Å². The van der Waals surface area contributed by atoms with Gasteiger partial charge in [0.2, 0.25) is 0 Å². The number of likely N-dealkylation sites (tertiary alicyclic amines) is 1. The summed E-state index contributed by atoms with van der Waals surface area (Å²) in [6.45, 7) is 5.56. The first-order chi connectivity index (χ1) is 10.1. The number of rotatable bonds is 5. The summed E-state index contributed by atoms with van der Waals surface area (Å²) in [6.07, 6.45) is 6.71. The summed E-state index contributed by atoms with van der Waals surface area (Å²) in [4.78, 5) is 24.4. The number of anilines is 1. The molecule has 6 heteroatoms. The lowest BCUT2D eigenvalue weighted by molar-refractivity contribution is 0.0821. The van der Waals surface area contributed by atoms with Gasteiger partial charge in [0.25, 0.3) is 5.91 Å². The fourth-order valence-corrected chi connectivity index (χ4v) is 2.67. The lowest BCUT2D eigenvalue weighted by Gasteiger charge is -2.33. The number of nitrogens with one attached hydrogen (secondary N) is 1. The van der Waals surface area contributed by atoms with Crippen LogP contribution in [0.5, 0.6) is 0 Å². The number of aromatic nitrogens is 2. The predicted molar refractivity (Wildman–Crippen MR) is 83.4 cm³/mol. The summed E-state index contributed by atoms with van der Waals surface area (Å²) in [5.74, 6) is 0.563. The van der Waals surface area contributed by atoms with Gasteiger partial charge >= 0.3 is 0 Å². The van der Waals surface area contributed by atoms with Crippen molar-refractivity contribution in [3.63, 3.8) is 0 Å². The molecule has 2 heterocycles. The minimum Gasteiger partial charge on any atom is -0.365 e. The van der Waals surface area contributed by atoms with Crippen molar-refractivity contribution in [1.82, 2.24) is 19.8 Å². The van der Waals surface area contributed by atoms with Gasteiger partial charge in [-0.15, -0.1) is 0 Å². The highest BCUT2D eigenvalue weighted by molar-refractivity contribution is 5.91. The van der Waals surface area contributed by atoms with Crippen molar-refractivity contribution in [2.45, 2.75) is 32.2 Å². The van der Waals surface area contributed by atoms with E-state index in [9.17, 15) is 4.79 Å². The third-order valence-electron chi connectivity index (χ3n) is 3.66. The van der Waals surface area contributed by atoms with Crippen molar-refractivity contribution >= 4 is 11.7 Å². The Bertz CT molecular complexity index is 475. The first kappa shape index (κ1) is 15.7. The summed E-state index contributed by atoms with van der Waals surface area (Å²) < 4.78 is 0. The van der Waals surface area contributed by atoms with Crippen LogP contribution in [0.15, 0.2) is 12.4 Å². The fourth-order valence-electron chi connectivity index (χ4n) is 2.67. The smallest absolute Gasteiger partial charge is 0.273 e. The summed E-state index contributed by atoms with van der Waals surface area (Å²) in [5.41, 5.74) is 0.381. The van der Waals surface area contributed by atoms with Crippen LogP contribution in [0.4, 0.5) is 5.82 Å². The highest BCUT2D eigenvalue weighted by atomic mass is 16.2. The molecule has 116 valence electrons. The molecule has 1 N–H and O–H groups in total. The zero-order chi connectivity index (χ0) is 15.2. The van der Waals surface area contributed by atoms with Crippen LogP contribution >= 0.6 is 0 Å². The molecule has 1 aromatic heterocycles. The number of carbonyl (C=O) groups is 1. The molecule has 0 radical (unpaired) electrons. The molecule has 0 unspecified atom stereocenters. The van der Waals surface area contributed by atoms with Crippen molar-refractivity contribution in [2.75, 3.05) is 39.0 Å². The van der Waals surface area contributed by atoms with E-state index in [1.807, 2.05) is 0 Å². The third kappa shape index (κ3) is 4.39. The van der Waals surface area contributed by atoms with E-state index in [4.69, 9.17) is 0 Å². The van der Waals surface area contributed by atoms with Gasteiger partial charge in [0.05, 0.1) is 12.4 Å². The zero-order valence-corrected chi connectivity index (χ0v) is 13.2. The first-order valence-corrected chi connectivity index (χ1v) is 7.62. The van der Waals surface area contributed by atoms with Crippen molar-refractivity contribution in [3.05, 3.63) is 18.1 Å². The Labute approximate surface area is 126 Å². The molecule has 0 aliphatic carbocycles. The molecule has 1 aliphatic rings. The molecule has 6 nitrogen and oxygen atoms in total. The molecule has 1 aromatic rings. The highest BCUT2D eigenvalue weighted by Crippen LogP contribution is 2.15. The van der Waals surface area contributed by atoms with Gasteiger partial charge in [0, 0.05) is 26.7 Å². The normalized spacial score (nSPS) is 19.3. The minimum atomic E-state index is -0.123. The Morgan fingerprint density at radius 2 is 2.29 bits per heavy atom. The number of hydrogen-bond donors (Lipinski definition) is 1. The number of hydrogen-bond acceptors (Lipinski definition) is 5. The summed E-state index contributed by atoms with van der Waals surface area (Å²) in [7, 11) is 3.43. The van der Waals surface area contributed by atoms with Crippen LogP contribution in [-0.4, -0.2) is 65.4 Å². The van der Waals surface area contributed by atoms with E-state index in [-0.39, 0.29) is 5.91 Å². The Morgan fingerprint density at radius 3 is 3.00 bits per heavy atom. The molecular weight excluding hydrogens is 266 g/mol. The van der Waals surface area contributed by atoms with E-state index in [2.05, 4.69) is 27.1 Å². The quantitative estimate of drug-likeness (QED) is 0.890. The van der Waals surface area contributed by atoms with Gasteiger partial charge in [0.15, 0.2) is 0 Å². The molecule has 0 spiro atoms. The second kappa shape index (κ2) is 7.36. The maximum absolute atomic E-state index is 11.9. The lowest BCUT2D eigenvalue weighted by Crippen LogP contribution is -2.42. The number of carbonyl (C=O) groups excluding carboxylic acids is 1. The van der Waals surface area contributed by atoms with Crippen LogP contribution < -0.4 is 5.32 Å². The second-order valence-electron chi connectivity index (χ2n) is 5.77. The molecule has 1 atom stereocenters. The van der Waals surface area contributed by atoms with Crippen molar-refractivity contribution in [3.8, 4) is 0 Å². The molecule has 1 amide bonds. The van der Waals surface area contributed by atoms with E-state index in [1.54, 1.807) is 20.3 Å². The van der Waals surface area contributed by atoms with Crippen LogP contribution in [0.1, 0.15) is 36.7 Å². The van der Waals surface area contributed by atoms with Gasteiger partial charge in [-0.1, -0.05) is 6.92 Å². The second-order valence-corrected chi connectivity index (χ2v) is 5.77. The summed E-state index contributed by atoms with van der Waals surface area (Å²) in [5, 5.41) is 3.42. The molecule has 21 heavy (non-hydrogen) atoms. The zero-order valence-electron chi connectivity index (χ0n) is 13.2. The average Bonchev–Trinajstić information content (AvgIpc) is 2.47. The van der Waals surface area contributed by atoms with Crippen LogP contribution in [0.2, 0.25) is 0 Å². The summed E-state index contributed by atoms with van der Waals surface area (Å²) in [6, 6.07) is 0.379. The van der Waals surface area contributed by atoms with Crippen molar-refractivity contribution < 1.29 is 4.79 Å². The summed E-state index contributed by atoms with van der Waals surface area (Å²) >= 11 is 0. The topological polar surface area (TPSA) is 61.4 Å². The largest absolute Gasteiger partial charge is 0.365 e. The van der Waals surface area contributed by atoms with Crippen LogP contribution in [0.25, 0.3) is 0 Å². The molecule has 2 rings (SSSR count). The molecule has 0 saturated carbocycles. The van der Waals surface area contributed by atoms with Crippen LogP contribution in [-0.2, 0) is 0 Å². The average molecular weight is 291 g/mol. The van der Waals surface area contributed by atoms with Gasteiger partial charge in [-0.25, -0.2) is 4.98 Å². The Kier molecular flexibility index (Phi) is 5.50. The van der Waals surface area contributed by atoms with E-state index in [1.165, 1.54) is 30.5 Å².